The highest BCUT2D eigenvalue weighted by atomic mass is 19.1. The van der Waals surface area contributed by atoms with Crippen LogP contribution in [0.5, 0.6) is 5.75 Å². The van der Waals surface area contributed by atoms with Gasteiger partial charge in [-0.3, -0.25) is 19.2 Å². The van der Waals surface area contributed by atoms with Crippen LogP contribution < -0.4 is 21.1 Å². The summed E-state index contributed by atoms with van der Waals surface area (Å²) in [6, 6.07) is 6.45. The fourth-order valence-corrected chi connectivity index (χ4v) is 5.37. The monoisotopic (exact) mass is 599 g/mol. The summed E-state index contributed by atoms with van der Waals surface area (Å²) in [5.41, 5.74) is 6.10. The first kappa shape index (κ1) is 31.9. The maximum Gasteiger partial charge on any atom is 0.258 e. The van der Waals surface area contributed by atoms with Crippen molar-refractivity contribution < 1.29 is 32.7 Å². The molecule has 0 unspecified atom stereocenters. The zero-order valence-corrected chi connectivity index (χ0v) is 24.5. The molecule has 0 aliphatic carbocycles. The molecule has 10 nitrogen and oxygen atoms in total. The van der Waals surface area contributed by atoms with Crippen LogP contribution in [0.1, 0.15) is 59.4 Å². The number of fused-ring (bicyclic) bond motifs is 3. The predicted molar refractivity (Wildman–Crippen MR) is 155 cm³/mol. The molecule has 0 saturated carbocycles. The fraction of sp³-hybridized carbons (Fsp3) is 0.484. The second kappa shape index (κ2) is 14.4. The lowest BCUT2D eigenvalue weighted by Gasteiger charge is -2.32. The van der Waals surface area contributed by atoms with Crippen molar-refractivity contribution in [2.45, 2.75) is 51.6 Å². The van der Waals surface area contributed by atoms with Crippen LogP contribution in [0.15, 0.2) is 36.4 Å². The molecule has 12 heteroatoms. The van der Waals surface area contributed by atoms with Gasteiger partial charge in [-0.15, -0.1) is 0 Å². The Bertz CT molecular complexity index is 1350. The van der Waals surface area contributed by atoms with E-state index in [2.05, 4.69) is 10.6 Å². The number of ether oxygens (including phenoxy) is 1. The standard InChI is InChI=1S/C31H39F2N5O5/c1-19(2)25-17-37(30(41)23-16-21(32)8-10-27(23)43-14-11-34)18-28(39)35-12-3-5-20-7-9-24(33)22(15-20)31(42)38-13-4-6-26(38)29(40)36-25/h7-10,15-16,19,25-26H,3-6,11-14,17-18,34H2,1-2H3,(H,35,39)(H,36,40)/t25-,26-/m0/s1. The van der Waals surface area contributed by atoms with Crippen molar-refractivity contribution in [3.8, 4) is 5.75 Å². The number of nitrogens with two attached hydrogens (primary N) is 1. The maximum atomic E-state index is 14.8. The van der Waals surface area contributed by atoms with Crippen molar-refractivity contribution in [2.24, 2.45) is 11.7 Å². The minimum atomic E-state index is -0.820. The Labute approximate surface area is 249 Å². The molecule has 4 rings (SSSR count). The molecular weight excluding hydrogens is 560 g/mol. The summed E-state index contributed by atoms with van der Waals surface area (Å²) in [5, 5.41) is 5.76. The van der Waals surface area contributed by atoms with Gasteiger partial charge in [0.1, 0.15) is 30.0 Å². The van der Waals surface area contributed by atoms with Crippen LogP contribution in [0.4, 0.5) is 8.78 Å². The molecule has 0 spiro atoms. The molecule has 2 bridgehead atoms. The minimum Gasteiger partial charge on any atom is -0.491 e. The topological polar surface area (TPSA) is 134 Å². The average Bonchev–Trinajstić information content (AvgIpc) is 3.48. The van der Waals surface area contributed by atoms with E-state index in [-0.39, 0.29) is 55.6 Å². The summed E-state index contributed by atoms with van der Waals surface area (Å²) in [6.45, 7) is 4.14. The molecule has 2 aliphatic rings. The van der Waals surface area contributed by atoms with Gasteiger partial charge in [0, 0.05) is 32.2 Å². The lowest BCUT2D eigenvalue weighted by molar-refractivity contribution is -0.126. The highest BCUT2D eigenvalue weighted by Gasteiger charge is 2.37. The van der Waals surface area contributed by atoms with E-state index in [0.29, 0.717) is 32.2 Å². The third-order valence-electron chi connectivity index (χ3n) is 7.76. The van der Waals surface area contributed by atoms with E-state index in [9.17, 15) is 28.0 Å². The van der Waals surface area contributed by atoms with Gasteiger partial charge in [-0.05, 0) is 67.5 Å². The SMILES string of the molecule is CC(C)[C@@H]1CN(C(=O)c2cc(F)ccc2OCCN)CC(=O)NCCCc2ccc(F)c(c2)C(=O)N2CCC[C@H]2C(=O)N1. The number of carbonyl (C=O) groups is 4. The summed E-state index contributed by atoms with van der Waals surface area (Å²) < 4.78 is 34.7. The van der Waals surface area contributed by atoms with Crippen molar-refractivity contribution in [2.75, 3.05) is 39.3 Å². The quantitative estimate of drug-likeness (QED) is 0.483. The first-order chi connectivity index (χ1) is 20.6. The number of benzene rings is 2. The van der Waals surface area contributed by atoms with Gasteiger partial charge in [-0.2, -0.15) is 0 Å². The fourth-order valence-electron chi connectivity index (χ4n) is 5.37. The minimum absolute atomic E-state index is 0.0709. The van der Waals surface area contributed by atoms with Gasteiger partial charge in [-0.25, -0.2) is 8.78 Å². The number of halogens is 2. The van der Waals surface area contributed by atoms with Gasteiger partial charge >= 0.3 is 0 Å². The van der Waals surface area contributed by atoms with Crippen molar-refractivity contribution in [3.63, 3.8) is 0 Å². The summed E-state index contributed by atoms with van der Waals surface area (Å²) in [7, 11) is 0. The molecule has 2 aromatic carbocycles. The van der Waals surface area contributed by atoms with Gasteiger partial charge < -0.3 is 30.9 Å². The normalized spacial score (nSPS) is 20.4. The third-order valence-corrected chi connectivity index (χ3v) is 7.76. The predicted octanol–water partition coefficient (Wildman–Crippen LogP) is 2.25. The van der Waals surface area contributed by atoms with Crippen LogP contribution >= 0.6 is 0 Å². The molecule has 0 radical (unpaired) electrons. The second-order valence-corrected chi connectivity index (χ2v) is 11.2. The lowest BCUT2D eigenvalue weighted by atomic mass is 10.0. The first-order valence-corrected chi connectivity index (χ1v) is 14.7. The second-order valence-electron chi connectivity index (χ2n) is 11.2. The number of nitrogens with one attached hydrogen (secondary N) is 2. The maximum absolute atomic E-state index is 14.8. The van der Waals surface area contributed by atoms with Gasteiger partial charge in [0.2, 0.25) is 11.8 Å². The van der Waals surface area contributed by atoms with Gasteiger partial charge in [-0.1, -0.05) is 19.9 Å². The largest absolute Gasteiger partial charge is 0.491 e. The van der Waals surface area contributed by atoms with E-state index >= 15 is 0 Å². The van der Waals surface area contributed by atoms with E-state index in [1.54, 1.807) is 6.07 Å². The number of hydrogen-bond acceptors (Lipinski definition) is 6. The molecule has 0 aromatic heterocycles. The zero-order valence-electron chi connectivity index (χ0n) is 24.5. The highest BCUT2D eigenvalue weighted by molar-refractivity contribution is 5.99. The van der Waals surface area contributed by atoms with Crippen LogP contribution in [0.3, 0.4) is 0 Å². The van der Waals surface area contributed by atoms with E-state index in [0.717, 1.165) is 11.6 Å². The number of hydrogen-bond donors (Lipinski definition) is 3. The summed E-state index contributed by atoms with van der Waals surface area (Å²) in [5.74, 6) is -3.45. The summed E-state index contributed by atoms with van der Waals surface area (Å²) in [6.07, 6.45) is 1.95. The molecule has 1 fully saturated rings. The smallest absolute Gasteiger partial charge is 0.258 e. The van der Waals surface area contributed by atoms with E-state index in [1.165, 1.54) is 34.1 Å². The average molecular weight is 600 g/mol. The third kappa shape index (κ3) is 7.86. The van der Waals surface area contributed by atoms with Crippen molar-refractivity contribution in [1.29, 1.82) is 0 Å². The van der Waals surface area contributed by atoms with Gasteiger partial charge in [0.25, 0.3) is 11.8 Å². The van der Waals surface area contributed by atoms with Crippen LogP contribution in [-0.4, -0.2) is 84.8 Å². The van der Waals surface area contributed by atoms with Crippen molar-refractivity contribution in [1.82, 2.24) is 20.4 Å². The van der Waals surface area contributed by atoms with Crippen LogP contribution in [-0.2, 0) is 16.0 Å². The zero-order chi connectivity index (χ0) is 31.1. The Balaban J connectivity index is 1.67. The molecule has 1 saturated heterocycles. The van der Waals surface area contributed by atoms with Gasteiger partial charge in [0.15, 0.2) is 0 Å². The van der Waals surface area contributed by atoms with Crippen molar-refractivity contribution in [3.05, 3.63) is 64.7 Å². The summed E-state index contributed by atoms with van der Waals surface area (Å²) >= 11 is 0. The van der Waals surface area contributed by atoms with Crippen molar-refractivity contribution >= 4 is 23.6 Å². The highest BCUT2D eigenvalue weighted by Crippen LogP contribution is 2.25. The Morgan fingerprint density at radius 3 is 2.65 bits per heavy atom. The van der Waals surface area contributed by atoms with Crippen LogP contribution in [0, 0.1) is 17.6 Å². The number of nitrogens with zero attached hydrogens (tertiary/aromatic N) is 2. The van der Waals surface area contributed by atoms with Crippen LogP contribution in [0.2, 0.25) is 0 Å². The Morgan fingerprint density at radius 1 is 1.12 bits per heavy atom. The molecule has 4 amide bonds. The molecule has 2 aliphatic heterocycles. The van der Waals surface area contributed by atoms with E-state index < -0.39 is 47.3 Å². The Hall–Kier alpha value is -4.06. The number of carbonyl (C=O) groups excluding carboxylic acids is 4. The molecule has 2 atom stereocenters. The van der Waals surface area contributed by atoms with Crippen LogP contribution in [0.25, 0.3) is 0 Å². The molecular formula is C31H39F2N5O5. The molecule has 2 heterocycles. The van der Waals surface area contributed by atoms with E-state index in [4.69, 9.17) is 10.5 Å². The summed E-state index contributed by atoms with van der Waals surface area (Å²) in [4.78, 5) is 56.6. The molecule has 2 aromatic rings. The molecule has 232 valence electrons. The number of aryl methyl sites for hydroxylation is 1. The Kier molecular flexibility index (Phi) is 10.7. The van der Waals surface area contributed by atoms with E-state index in [1.807, 2.05) is 13.8 Å². The number of amides is 4. The first-order valence-electron chi connectivity index (χ1n) is 14.7. The lowest BCUT2D eigenvalue weighted by Crippen LogP contribution is -2.54. The van der Waals surface area contributed by atoms with Gasteiger partial charge in [0.05, 0.1) is 17.7 Å². The Morgan fingerprint density at radius 2 is 1.91 bits per heavy atom. The molecule has 43 heavy (non-hydrogen) atoms. The number of rotatable bonds is 5. The molecule has 4 N–H and O–H groups in total.